The summed E-state index contributed by atoms with van der Waals surface area (Å²) in [5, 5.41) is 14.4. The third kappa shape index (κ3) is 4.15. The number of amides is 1. The van der Waals surface area contributed by atoms with Gasteiger partial charge >= 0.3 is 0 Å². The number of nitrogens with zero attached hydrogens (tertiary/aromatic N) is 1. The maximum Gasteiger partial charge on any atom is 0.224 e. The zero-order chi connectivity index (χ0) is 13.5. The third-order valence-corrected chi connectivity index (χ3v) is 3.48. The molecule has 2 aromatic rings. The van der Waals surface area contributed by atoms with Gasteiger partial charge in [0.2, 0.25) is 5.91 Å². The molecule has 0 spiro atoms. The number of aromatic nitrogens is 1. The van der Waals surface area contributed by atoms with Crippen molar-refractivity contribution >= 4 is 22.9 Å². The van der Waals surface area contributed by atoms with Crippen LogP contribution in [0.4, 0.5) is 5.69 Å². The van der Waals surface area contributed by atoms with Crippen molar-refractivity contribution in [1.29, 1.82) is 0 Å². The molecule has 4 nitrogen and oxygen atoms in total. The molecule has 2 N–H and O–H groups in total. The van der Waals surface area contributed by atoms with E-state index >= 15 is 0 Å². The van der Waals surface area contributed by atoms with Crippen LogP contribution < -0.4 is 5.32 Å². The van der Waals surface area contributed by atoms with Crippen LogP contribution in [0, 0.1) is 0 Å². The fraction of sp³-hybridized carbons (Fsp3) is 0.286. The topological polar surface area (TPSA) is 62.2 Å². The smallest absolute Gasteiger partial charge is 0.224 e. The summed E-state index contributed by atoms with van der Waals surface area (Å²) in [5.41, 5.74) is 1.84. The van der Waals surface area contributed by atoms with Crippen LogP contribution >= 0.6 is 11.3 Å². The van der Waals surface area contributed by atoms with E-state index in [1.54, 1.807) is 17.5 Å². The van der Waals surface area contributed by atoms with E-state index in [-0.39, 0.29) is 12.5 Å². The van der Waals surface area contributed by atoms with Crippen LogP contribution in [0.25, 0.3) is 10.6 Å². The first-order valence-electron chi connectivity index (χ1n) is 6.20. The molecule has 0 unspecified atom stereocenters. The highest BCUT2D eigenvalue weighted by Gasteiger charge is 2.03. The predicted octanol–water partition coefficient (Wildman–Crippen LogP) is 2.91. The highest BCUT2D eigenvalue weighted by atomic mass is 32.1. The molecule has 100 valence electrons. The molecule has 0 bridgehead atoms. The summed E-state index contributed by atoms with van der Waals surface area (Å²) in [6.45, 7) is 0.135. The lowest BCUT2D eigenvalue weighted by Crippen LogP contribution is -2.11. The number of unbranched alkanes of at least 4 members (excludes halogenated alkanes) is 1. The third-order valence-electron chi connectivity index (χ3n) is 2.66. The molecule has 0 atom stereocenters. The Kier molecular flexibility index (Phi) is 5.06. The van der Waals surface area contributed by atoms with Gasteiger partial charge in [0.1, 0.15) is 5.01 Å². The van der Waals surface area contributed by atoms with Gasteiger partial charge in [-0.1, -0.05) is 0 Å². The highest BCUT2D eigenvalue weighted by Crippen LogP contribution is 2.23. The van der Waals surface area contributed by atoms with E-state index in [2.05, 4.69) is 10.3 Å². The number of carbonyl (C=O) groups is 1. The van der Waals surface area contributed by atoms with Gasteiger partial charge in [0.15, 0.2) is 0 Å². The molecule has 0 radical (unpaired) electrons. The van der Waals surface area contributed by atoms with Crippen molar-refractivity contribution in [3.63, 3.8) is 0 Å². The number of nitrogens with one attached hydrogen (secondary N) is 1. The minimum absolute atomic E-state index is 0.0181. The zero-order valence-corrected chi connectivity index (χ0v) is 11.3. The molecule has 0 saturated carbocycles. The molecule has 1 heterocycles. The first-order valence-corrected chi connectivity index (χ1v) is 7.08. The van der Waals surface area contributed by atoms with Gasteiger partial charge in [-0.25, -0.2) is 4.98 Å². The van der Waals surface area contributed by atoms with Crippen LogP contribution in [-0.2, 0) is 4.79 Å². The maximum absolute atomic E-state index is 11.6. The molecule has 0 aliphatic carbocycles. The Labute approximate surface area is 116 Å². The summed E-state index contributed by atoms with van der Waals surface area (Å²) < 4.78 is 0. The molecule has 2 rings (SSSR count). The Morgan fingerprint density at radius 2 is 2.05 bits per heavy atom. The summed E-state index contributed by atoms with van der Waals surface area (Å²) in [7, 11) is 0. The van der Waals surface area contributed by atoms with Crippen LogP contribution in [0.5, 0.6) is 0 Å². The fourth-order valence-corrected chi connectivity index (χ4v) is 2.33. The first kappa shape index (κ1) is 13.7. The highest BCUT2D eigenvalue weighted by molar-refractivity contribution is 7.13. The van der Waals surface area contributed by atoms with Gasteiger partial charge in [-0.05, 0) is 37.1 Å². The van der Waals surface area contributed by atoms with Crippen LogP contribution in [0.1, 0.15) is 19.3 Å². The minimum Gasteiger partial charge on any atom is -0.396 e. The van der Waals surface area contributed by atoms with Crippen LogP contribution in [0.2, 0.25) is 0 Å². The van der Waals surface area contributed by atoms with Crippen LogP contribution in [0.15, 0.2) is 35.8 Å². The van der Waals surface area contributed by atoms with Gasteiger partial charge in [0, 0.05) is 35.9 Å². The molecule has 19 heavy (non-hydrogen) atoms. The molecule has 0 aliphatic heterocycles. The average molecular weight is 276 g/mol. The number of carbonyl (C=O) groups excluding carboxylic acids is 1. The Morgan fingerprint density at radius 1 is 1.26 bits per heavy atom. The maximum atomic E-state index is 11.6. The average Bonchev–Trinajstić information content (AvgIpc) is 2.94. The Balaban J connectivity index is 1.90. The van der Waals surface area contributed by atoms with E-state index in [9.17, 15) is 4.79 Å². The van der Waals surface area contributed by atoms with E-state index in [1.165, 1.54) is 0 Å². The second-order valence-electron chi connectivity index (χ2n) is 4.14. The molecule has 1 aromatic carbocycles. The normalized spacial score (nSPS) is 10.4. The summed E-state index contributed by atoms with van der Waals surface area (Å²) >= 11 is 1.59. The summed E-state index contributed by atoms with van der Waals surface area (Å²) in [6, 6.07) is 7.64. The Hall–Kier alpha value is -1.72. The lowest BCUT2D eigenvalue weighted by Gasteiger charge is -2.05. The zero-order valence-electron chi connectivity index (χ0n) is 10.5. The molecule has 1 aromatic heterocycles. The van der Waals surface area contributed by atoms with E-state index in [0.29, 0.717) is 19.3 Å². The van der Waals surface area contributed by atoms with Crippen molar-refractivity contribution in [2.24, 2.45) is 0 Å². The van der Waals surface area contributed by atoms with Crippen molar-refractivity contribution < 1.29 is 9.90 Å². The number of anilines is 1. The molecule has 1 amide bonds. The van der Waals surface area contributed by atoms with Crippen molar-refractivity contribution in [2.45, 2.75) is 19.3 Å². The van der Waals surface area contributed by atoms with Crippen molar-refractivity contribution in [1.82, 2.24) is 4.98 Å². The van der Waals surface area contributed by atoms with Gasteiger partial charge < -0.3 is 10.4 Å². The van der Waals surface area contributed by atoms with Gasteiger partial charge in [0.05, 0.1) is 0 Å². The standard InChI is InChI=1S/C14H16N2O2S/c17-9-2-1-3-13(18)16-12-6-4-11(5-7-12)14-15-8-10-19-14/h4-8,10,17H,1-3,9H2,(H,16,18). The number of benzene rings is 1. The Morgan fingerprint density at radius 3 is 2.68 bits per heavy atom. The summed E-state index contributed by atoms with van der Waals surface area (Å²) in [4.78, 5) is 15.8. The van der Waals surface area contributed by atoms with Gasteiger partial charge in [0.25, 0.3) is 0 Å². The van der Waals surface area contributed by atoms with Gasteiger partial charge in [-0.3, -0.25) is 4.79 Å². The van der Waals surface area contributed by atoms with Crippen LogP contribution in [0.3, 0.4) is 0 Å². The van der Waals surface area contributed by atoms with Gasteiger partial charge in [-0.15, -0.1) is 11.3 Å². The van der Waals surface area contributed by atoms with Crippen molar-refractivity contribution in [2.75, 3.05) is 11.9 Å². The summed E-state index contributed by atoms with van der Waals surface area (Å²) in [6.07, 6.45) is 3.58. The fourth-order valence-electron chi connectivity index (χ4n) is 1.68. The predicted molar refractivity (Wildman–Crippen MR) is 77.1 cm³/mol. The number of hydrogen-bond donors (Lipinski definition) is 2. The second kappa shape index (κ2) is 7.01. The van der Waals surface area contributed by atoms with E-state index in [4.69, 9.17) is 5.11 Å². The largest absolute Gasteiger partial charge is 0.396 e. The number of rotatable bonds is 6. The molecular weight excluding hydrogens is 260 g/mol. The molecular formula is C14H16N2O2S. The Bertz CT molecular complexity index is 509. The molecule has 0 aliphatic rings. The van der Waals surface area contributed by atoms with E-state index < -0.39 is 0 Å². The number of thiazole rings is 1. The molecule has 0 fully saturated rings. The lowest BCUT2D eigenvalue weighted by atomic mass is 10.2. The number of hydrogen-bond acceptors (Lipinski definition) is 4. The molecule has 0 saturated heterocycles. The minimum atomic E-state index is -0.0181. The van der Waals surface area contributed by atoms with E-state index in [1.807, 2.05) is 29.6 Å². The van der Waals surface area contributed by atoms with Crippen molar-refractivity contribution in [3.05, 3.63) is 35.8 Å². The number of aliphatic hydroxyl groups is 1. The lowest BCUT2D eigenvalue weighted by molar-refractivity contribution is -0.116. The quantitative estimate of drug-likeness (QED) is 0.797. The van der Waals surface area contributed by atoms with Crippen molar-refractivity contribution in [3.8, 4) is 10.6 Å². The van der Waals surface area contributed by atoms with Gasteiger partial charge in [-0.2, -0.15) is 0 Å². The van der Waals surface area contributed by atoms with E-state index in [0.717, 1.165) is 16.3 Å². The summed E-state index contributed by atoms with van der Waals surface area (Å²) in [5.74, 6) is -0.0181. The second-order valence-corrected chi connectivity index (χ2v) is 5.04. The van der Waals surface area contributed by atoms with Crippen LogP contribution in [-0.4, -0.2) is 22.6 Å². The first-order chi connectivity index (χ1) is 9.29. The SMILES string of the molecule is O=C(CCCCO)Nc1ccc(-c2nccs2)cc1. The monoisotopic (exact) mass is 276 g/mol. The molecule has 5 heteroatoms. The number of aliphatic hydroxyl groups excluding tert-OH is 1.